The lowest BCUT2D eigenvalue weighted by Gasteiger charge is -2.23. The highest BCUT2D eigenvalue weighted by Gasteiger charge is 2.24. The zero-order chi connectivity index (χ0) is 24.7. The van der Waals surface area contributed by atoms with E-state index in [4.69, 9.17) is 37.4 Å². The fraction of sp³-hybridized carbons (Fsp3) is 0.391. The summed E-state index contributed by atoms with van der Waals surface area (Å²) in [6.45, 7) is 2.42. The lowest BCUT2D eigenvalue weighted by Crippen LogP contribution is -2.37. The molecule has 0 saturated heterocycles. The molecule has 0 spiro atoms. The SMILES string of the molecule is C#C.CC/C=C(\C=C(COC)COC)CN(CC(=O)OC)C(=O)c1cc(Cl)cc(Cl)c1O. The first kappa shape index (κ1) is 29.5. The van der Waals surface area contributed by atoms with E-state index in [0.29, 0.717) is 19.6 Å². The van der Waals surface area contributed by atoms with E-state index in [1.54, 1.807) is 14.2 Å². The number of halogens is 2. The summed E-state index contributed by atoms with van der Waals surface area (Å²) in [5, 5.41) is 10.4. The number of phenolic OH excluding ortho intramolecular Hbond substituents is 1. The summed E-state index contributed by atoms with van der Waals surface area (Å²) < 4.78 is 15.1. The Kier molecular flexibility index (Phi) is 14.9. The van der Waals surface area contributed by atoms with Crippen molar-refractivity contribution in [3.63, 3.8) is 0 Å². The number of nitrogens with zero attached hydrogens (tertiary/aromatic N) is 1. The van der Waals surface area contributed by atoms with Crippen LogP contribution in [0.4, 0.5) is 0 Å². The second kappa shape index (κ2) is 16.2. The van der Waals surface area contributed by atoms with E-state index >= 15 is 0 Å². The molecule has 0 atom stereocenters. The number of esters is 1. The highest BCUT2D eigenvalue weighted by molar-refractivity contribution is 6.36. The van der Waals surface area contributed by atoms with Gasteiger partial charge >= 0.3 is 5.97 Å². The minimum atomic E-state index is -0.613. The molecule has 0 aromatic heterocycles. The predicted octanol–water partition coefficient (Wildman–Crippen LogP) is 4.12. The summed E-state index contributed by atoms with van der Waals surface area (Å²) >= 11 is 11.9. The van der Waals surface area contributed by atoms with Gasteiger partial charge in [-0.1, -0.05) is 42.3 Å². The number of hydrogen-bond donors (Lipinski definition) is 1. The number of terminal acetylenes is 1. The van der Waals surface area contributed by atoms with Crippen molar-refractivity contribution in [2.45, 2.75) is 13.3 Å². The minimum absolute atomic E-state index is 0.0597. The van der Waals surface area contributed by atoms with Gasteiger partial charge in [-0.25, -0.2) is 0 Å². The van der Waals surface area contributed by atoms with Crippen molar-refractivity contribution in [1.82, 2.24) is 4.90 Å². The van der Waals surface area contributed by atoms with Crippen LogP contribution in [0.2, 0.25) is 10.0 Å². The molecule has 0 radical (unpaired) electrons. The number of benzene rings is 1. The van der Waals surface area contributed by atoms with Crippen molar-refractivity contribution in [1.29, 1.82) is 0 Å². The first-order valence-corrected chi connectivity index (χ1v) is 10.3. The monoisotopic (exact) mass is 485 g/mol. The van der Waals surface area contributed by atoms with Crippen LogP contribution in [0.5, 0.6) is 5.75 Å². The van der Waals surface area contributed by atoms with E-state index in [9.17, 15) is 14.7 Å². The van der Waals surface area contributed by atoms with E-state index < -0.39 is 17.6 Å². The number of hydrogen-bond acceptors (Lipinski definition) is 6. The lowest BCUT2D eigenvalue weighted by molar-refractivity contribution is -0.141. The van der Waals surface area contributed by atoms with Gasteiger partial charge in [0.1, 0.15) is 12.3 Å². The van der Waals surface area contributed by atoms with Crippen LogP contribution < -0.4 is 0 Å². The maximum Gasteiger partial charge on any atom is 0.325 e. The number of phenols is 1. The van der Waals surface area contributed by atoms with Crippen molar-refractivity contribution in [3.05, 3.63) is 51.0 Å². The van der Waals surface area contributed by atoms with E-state index in [-0.39, 0.29) is 28.7 Å². The third-order valence-corrected chi connectivity index (χ3v) is 4.49. The molecule has 176 valence electrons. The molecule has 1 aromatic rings. The zero-order valence-electron chi connectivity index (χ0n) is 18.7. The zero-order valence-corrected chi connectivity index (χ0v) is 20.2. The molecule has 1 aromatic carbocycles. The first-order chi connectivity index (χ1) is 15.3. The summed E-state index contributed by atoms with van der Waals surface area (Å²) in [5.74, 6) is -1.63. The summed E-state index contributed by atoms with van der Waals surface area (Å²) in [6, 6.07) is 2.63. The number of allylic oxidation sites excluding steroid dienone is 1. The minimum Gasteiger partial charge on any atom is -0.506 e. The Balaban J connectivity index is 0.00000466. The molecule has 1 N–H and O–H groups in total. The van der Waals surface area contributed by atoms with Crippen LogP contribution in [0.25, 0.3) is 0 Å². The Labute approximate surface area is 199 Å². The fourth-order valence-corrected chi connectivity index (χ4v) is 3.22. The van der Waals surface area contributed by atoms with E-state index in [1.807, 2.05) is 19.1 Å². The lowest BCUT2D eigenvalue weighted by atomic mass is 10.1. The van der Waals surface area contributed by atoms with Gasteiger partial charge in [0.05, 0.1) is 30.9 Å². The molecule has 0 saturated carbocycles. The standard InChI is InChI=1S/C21H27Cl2NO6.C2H2/c1-5-6-14(7-15(12-28-2)13-29-3)10-24(11-19(25)30-4)21(27)17-8-16(22)9-18(23)20(17)26;1-2/h6-9,26H,5,10-13H2,1-4H3;1-2H/b14-6+;. The fourth-order valence-electron chi connectivity index (χ4n) is 2.73. The van der Waals surface area contributed by atoms with Gasteiger partial charge in [0.2, 0.25) is 0 Å². The molecule has 0 aliphatic rings. The van der Waals surface area contributed by atoms with Crippen molar-refractivity contribution < 1.29 is 28.9 Å². The average Bonchev–Trinajstić information content (AvgIpc) is 2.77. The van der Waals surface area contributed by atoms with Crippen molar-refractivity contribution in [2.75, 3.05) is 47.6 Å². The molecule has 0 unspecified atom stereocenters. The molecule has 1 amide bonds. The van der Waals surface area contributed by atoms with Gasteiger partial charge in [-0.05, 0) is 29.7 Å². The van der Waals surface area contributed by atoms with Gasteiger partial charge in [-0.3, -0.25) is 9.59 Å². The molecule has 0 aliphatic heterocycles. The van der Waals surface area contributed by atoms with Crippen molar-refractivity contribution >= 4 is 35.1 Å². The number of rotatable bonds is 11. The predicted molar refractivity (Wildman–Crippen MR) is 126 cm³/mol. The topological polar surface area (TPSA) is 85.3 Å². The van der Waals surface area contributed by atoms with Crippen LogP contribution in [-0.2, 0) is 19.0 Å². The number of carbonyl (C=O) groups excluding carboxylic acids is 2. The number of methoxy groups -OCH3 is 3. The van der Waals surface area contributed by atoms with Gasteiger partial charge in [-0.15, -0.1) is 12.8 Å². The van der Waals surface area contributed by atoms with Gasteiger partial charge in [0.25, 0.3) is 5.91 Å². The second-order valence-electron chi connectivity index (χ2n) is 6.38. The summed E-state index contributed by atoms with van der Waals surface area (Å²) in [7, 11) is 4.38. The number of amides is 1. The normalized spacial score (nSPS) is 10.6. The van der Waals surface area contributed by atoms with Crippen molar-refractivity contribution in [3.8, 4) is 18.6 Å². The summed E-state index contributed by atoms with van der Waals surface area (Å²) in [5.41, 5.74) is 1.52. The third kappa shape index (κ3) is 9.75. The van der Waals surface area contributed by atoms with Crippen LogP contribution in [0.1, 0.15) is 23.7 Å². The van der Waals surface area contributed by atoms with Gasteiger partial charge in [-0.2, -0.15) is 0 Å². The first-order valence-electron chi connectivity index (χ1n) is 9.51. The van der Waals surface area contributed by atoms with Gasteiger partial charge in [0, 0.05) is 25.8 Å². The highest BCUT2D eigenvalue weighted by atomic mass is 35.5. The highest BCUT2D eigenvalue weighted by Crippen LogP contribution is 2.32. The Morgan fingerprint density at radius 2 is 1.69 bits per heavy atom. The van der Waals surface area contributed by atoms with Gasteiger partial charge in [0.15, 0.2) is 0 Å². The second-order valence-corrected chi connectivity index (χ2v) is 7.22. The average molecular weight is 486 g/mol. The van der Waals surface area contributed by atoms with Crippen LogP contribution in [-0.4, -0.2) is 69.5 Å². The summed E-state index contributed by atoms with van der Waals surface area (Å²) in [4.78, 5) is 26.3. The maximum absolute atomic E-state index is 13.1. The number of aromatic hydroxyl groups is 1. The smallest absolute Gasteiger partial charge is 0.325 e. The van der Waals surface area contributed by atoms with Crippen LogP contribution in [0.3, 0.4) is 0 Å². The molecular weight excluding hydrogens is 457 g/mol. The molecule has 1 rings (SSSR count). The molecule has 0 heterocycles. The maximum atomic E-state index is 13.1. The molecule has 0 bridgehead atoms. The Bertz CT molecular complexity index is 840. The van der Waals surface area contributed by atoms with Crippen LogP contribution in [0.15, 0.2) is 35.4 Å². The third-order valence-electron chi connectivity index (χ3n) is 3.98. The molecular formula is C23H29Cl2NO6. The van der Waals surface area contributed by atoms with Crippen molar-refractivity contribution in [2.24, 2.45) is 0 Å². The van der Waals surface area contributed by atoms with Gasteiger partial charge < -0.3 is 24.2 Å². The Morgan fingerprint density at radius 3 is 2.19 bits per heavy atom. The molecule has 7 nitrogen and oxygen atoms in total. The quantitative estimate of drug-likeness (QED) is 0.288. The van der Waals surface area contributed by atoms with Crippen LogP contribution >= 0.6 is 23.2 Å². The van der Waals surface area contributed by atoms with E-state index in [2.05, 4.69) is 12.8 Å². The Morgan fingerprint density at radius 1 is 1.09 bits per heavy atom. The van der Waals surface area contributed by atoms with Crippen LogP contribution in [0, 0.1) is 12.8 Å². The molecule has 0 fully saturated rings. The van der Waals surface area contributed by atoms with E-state index in [0.717, 1.165) is 11.1 Å². The number of ether oxygens (including phenoxy) is 3. The number of carbonyl (C=O) groups is 2. The molecule has 0 aliphatic carbocycles. The Hall–Kier alpha value is -2.50. The molecule has 32 heavy (non-hydrogen) atoms. The molecule has 9 heteroatoms. The largest absolute Gasteiger partial charge is 0.506 e. The van der Waals surface area contributed by atoms with E-state index in [1.165, 1.54) is 24.1 Å². The summed E-state index contributed by atoms with van der Waals surface area (Å²) in [6.07, 6.45) is 12.5.